The summed E-state index contributed by atoms with van der Waals surface area (Å²) >= 11 is 0. The molecule has 0 aliphatic carbocycles. The second-order valence-corrected chi connectivity index (χ2v) is 7.76. The minimum atomic E-state index is -3.42. The van der Waals surface area contributed by atoms with E-state index in [0.717, 1.165) is 6.26 Å². The Morgan fingerprint density at radius 2 is 1.80 bits per heavy atom. The normalized spacial score (nSPS) is 12.4. The molecule has 0 saturated heterocycles. The number of carbonyl (C=O) groups is 1. The Labute approximate surface area is 146 Å². The minimum absolute atomic E-state index is 0.0516. The van der Waals surface area contributed by atoms with Crippen molar-refractivity contribution in [3.8, 4) is 0 Å². The number of amides is 1. The molecule has 0 fully saturated rings. The molecule has 0 radical (unpaired) electrons. The minimum Gasteiger partial charge on any atom is -0.335 e. The molecule has 0 bridgehead atoms. The Morgan fingerprint density at radius 1 is 1.16 bits per heavy atom. The topological polar surface area (TPSA) is 97.6 Å². The van der Waals surface area contributed by atoms with Gasteiger partial charge in [-0.25, -0.2) is 8.42 Å². The molecule has 0 N–H and O–H groups in total. The summed E-state index contributed by atoms with van der Waals surface area (Å²) in [4.78, 5) is 24.5. The van der Waals surface area contributed by atoms with E-state index in [2.05, 4.69) is 0 Å². The van der Waals surface area contributed by atoms with E-state index in [4.69, 9.17) is 0 Å². The molecule has 8 heteroatoms. The van der Waals surface area contributed by atoms with E-state index in [1.54, 1.807) is 26.1 Å². The van der Waals surface area contributed by atoms with E-state index in [1.807, 2.05) is 0 Å². The third kappa shape index (κ3) is 4.21. The third-order valence-electron chi connectivity index (χ3n) is 3.97. The number of nitro groups is 1. The molecule has 1 atom stereocenters. The molecule has 0 spiro atoms. The van der Waals surface area contributed by atoms with Crippen LogP contribution in [-0.4, -0.2) is 37.5 Å². The Hall–Kier alpha value is -2.74. The highest BCUT2D eigenvalue weighted by Gasteiger charge is 2.21. The molecule has 132 valence electrons. The fourth-order valence-electron chi connectivity index (χ4n) is 2.36. The van der Waals surface area contributed by atoms with Crippen LogP contribution in [0.2, 0.25) is 0 Å². The van der Waals surface area contributed by atoms with Gasteiger partial charge in [0.25, 0.3) is 11.6 Å². The van der Waals surface area contributed by atoms with Gasteiger partial charge in [-0.1, -0.05) is 18.2 Å². The first-order valence-electron chi connectivity index (χ1n) is 7.43. The number of non-ortho nitro benzene ring substituents is 1. The summed E-state index contributed by atoms with van der Waals surface area (Å²) < 4.78 is 23.3. The summed E-state index contributed by atoms with van der Waals surface area (Å²) in [6.07, 6.45) is 1.08. The van der Waals surface area contributed by atoms with Crippen molar-refractivity contribution in [1.82, 2.24) is 4.90 Å². The van der Waals surface area contributed by atoms with Crippen LogP contribution in [0, 0.1) is 10.1 Å². The van der Waals surface area contributed by atoms with E-state index in [0.29, 0.717) is 5.56 Å². The van der Waals surface area contributed by atoms with Crippen molar-refractivity contribution in [3.05, 3.63) is 69.8 Å². The molecule has 0 saturated carbocycles. The maximum atomic E-state index is 12.7. The molecule has 0 aliphatic heterocycles. The summed E-state index contributed by atoms with van der Waals surface area (Å²) in [5, 5.41) is 10.9. The number of nitro benzene ring substituents is 1. The Kier molecular flexibility index (Phi) is 5.22. The van der Waals surface area contributed by atoms with Gasteiger partial charge in [0, 0.05) is 31.0 Å². The molecule has 0 unspecified atom stereocenters. The highest BCUT2D eigenvalue weighted by Crippen LogP contribution is 2.24. The zero-order chi connectivity index (χ0) is 18.8. The molecule has 2 rings (SSSR count). The molecule has 2 aromatic rings. The lowest BCUT2D eigenvalue weighted by atomic mass is 10.1. The monoisotopic (exact) mass is 362 g/mol. The number of benzene rings is 2. The summed E-state index contributed by atoms with van der Waals surface area (Å²) in [5.41, 5.74) is 0.802. The van der Waals surface area contributed by atoms with Crippen LogP contribution in [0.15, 0.2) is 53.4 Å². The SMILES string of the molecule is C[C@@H](c1cccc([N+](=O)[O-])c1)N(C)C(=O)c1cccc(S(C)(=O)=O)c1. The first-order valence-corrected chi connectivity index (χ1v) is 9.32. The molecule has 0 aromatic heterocycles. The van der Waals surface area contributed by atoms with Gasteiger partial charge in [-0.05, 0) is 30.7 Å². The second kappa shape index (κ2) is 7.02. The van der Waals surface area contributed by atoms with Gasteiger partial charge in [0.05, 0.1) is 15.9 Å². The smallest absolute Gasteiger partial charge is 0.269 e. The van der Waals surface area contributed by atoms with Crippen LogP contribution in [0.3, 0.4) is 0 Å². The van der Waals surface area contributed by atoms with Crippen molar-refractivity contribution in [2.45, 2.75) is 17.9 Å². The maximum absolute atomic E-state index is 12.7. The lowest BCUT2D eigenvalue weighted by Crippen LogP contribution is -2.29. The fourth-order valence-corrected chi connectivity index (χ4v) is 3.03. The number of rotatable bonds is 5. The first-order chi connectivity index (χ1) is 11.6. The average molecular weight is 362 g/mol. The van der Waals surface area contributed by atoms with E-state index in [9.17, 15) is 23.3 Å². The Morgan fingerprint density at radius 3 is 2.40 bits per heavy atom. The first kappa shape index (κ1) is 18.6. The maximum Gasteiger partial charge on any atom is 0.269 e. The number of carbonyl (C=O) groups excluding carboxylic acids is 1. The van der Waals surface area contributed by atoms with E-state index in [-0.39, 0.29) is 22.1 Å². The van der Waals surface area contributed by atoms with E-state index < -0.39 is 20.8 Å². The highest BCUT2D eigenvalue weighted by molar-refractivity contribution is 7.90. The fraction of sp³-hybridized carbons (Fsp3) is 0.235. The summed E-state index contributed by atoms with van der Waals surface area (Å²) in [6.45, 7) is 1.75. The average Bonchev–Trinajstić information content (AvgIpc) is 2.59. The van der Waals surface area contributed by atoms with Gasteiger partial charge in [0.15, 0.2) is 9.84 Å². The van der Waals surface area contributed by atoms with Crippen LogP contribution in [0.1, 0.15) is 28.9 Å². The molecule has 25 heavy (non-hydrogen) atoms. The van der Waals surface area contributed by atoms with Gasteiger partial charge in [0.2, 0.25) is 0 Å². The van der Waals surface area contributed by atoms with Crippen molar-refractivity contribution in [3.63, 3.8) is 0 Å². The van der Waals surface area contributed by atoms with E-state index >= 15 is 0 Å². The van der Waals surface area contributed by atoms with Gasteiger partial charge in [-0.2, -0.15) is 0 Å². The van der Waals surface area contributed by atoms with Gasteiger partial charge < -0.3 is 4.90 Å². The van der Waals surface area contributed by atoms with Crippen LogP contribution in [0.5, 0.6) is 0 Å². The largest absolute Gasteiger partial charge is 0.335 e. The van der Waals surface area contributed by atoms with Crippen molar-refractivity contribution in [2.24, 2.45) is 0 Å². The third-order valence-corrected chi connectivity index (χ3v) is 5.08. The molecule has 0 heterocycles. The molecular formula is C17H18N2O5S. The van der Waals surface area contributed by atoms with Crippen LogP contribution in [-0.2, 0) is 9.84 Å². The van der Waals surface area contributed by atoms with E-state index in [1.165, 1.54) is 41.3 Å². The molecule has 1 amide bonds. The number of sulfone groups is 1. The van der Waals surface area contributed by atoms with Gasteiger partial charge in [-0.3, -0.25) is 14.9 Å². The van der Waals surface area contributed by atoms with Crippen LogP contribution in [0.4, 0.5) is 5.69 Å². The molecule has 7 nitrogen and oxygen atoms in total. The molecule has 2 aromatic carbocycles. The lowest BCUT2D eigenvalue weighted by Gasteiger charge is -2.25. The quantitative estimate of drug-likeness (QED) is 0.602. The molecule has 0 aliphatic rings. The lowest BCUT2D eigenvalue weighted by molar-refractivity contribution is -0.384. The number of hydrogen-bond donors (Lipinski definition) is 0. The zero-order valence-corrected chi connectivity index (χ0v) is 14.9. The number of hydrogen-bond acceptors (Lipinski definition) is 5. The second-order valence-electron chi connectivity index (χ2n) is 5.74. The standard InChI is InChI=1S/C17H18N2O5S/c1-12(13-6-4-8-15(10-13)19(21)22)18(2)17(20)14-7-5-9-16(11-14)25(3,23)24/h4-12H,1-3H3/t12-/m0/s1. The van der Waals surface area contributed by atoms with Crippen molar-refractivity contribution in [1.29, 1.82) is 0 Å². The molecular weight excluding hydrogens is 344 g/mol. The van der Waals surface area contributed by atoms with Crippen LogP contribution < -0.4 is 0 Å². The van der Waals surface area contributed by atoms with Gasteiger partial charge in [0.1, 0.15) is 0 Å². The van der Waals surface area contributed by atoms with Crippen LogP contribution >= 0.6 is 0 Å². The zero-order valence-electron chi connectivity index (χ0n) is 14.0. The predicted molar refractivity (Wildman–Crippen MR) is 93.2 cm³/mol. The predicted octanol–water partition coefficient (Wildman–Crippen LogP) is 2.83. The number of nitrogens with zero attached hydrogens (tertiary/aromatic N) is 2. The van der Waals surface area contributed by atoms with Crippen molar-refractivity contribution in [2.75, 3.05) is 13.3 Å². The Balaban J connectivity index is 2.31. The Bertz CT molecular complexity index is 924. The van der Waals surface area contributed by atoms with Crippen molar-refractivity contribution >= 4 is 21.4 Å². The van der Waals surface area contributed by atoms with Gasteiger partial charge in [-0.15, -0.1) is 0 Å². The van der Waals surface area contributed by atoms with Crippen LogP contribution in [0.25, 0.3) is 0 Å². The highest BCUT2D eigenvalue weighted by atomic mass is 32.2. The summed E-state index contributed by atoms with van der Waals surface area (Å²) in [7, 11) is -1.85. The summed E-state index contributed by atoms with van der Waals surface area (Å²) in [6, 6.07) is 11.4. The summed E-state index contributed by atoms with van der Waals surface area (Å²) in [5.74, 6) is -0.371. The van der Waals surface area contributed by atoms with Gasteiger partial charge >= 0.3 is 0 Å². The van der Waals surface area contributed by atoms with Crippen molar-refractivity contribution < 1.29 is 18.1 Å².